The van der Waals surface area contributed by atoms with Crippen molar-refractivity contribution < 1.29 is 9.47 Å². The van der Waals surface area contributed by atoms with E-state index in [1.807, 2.05) is 0 Å². The number of rotatable bonds is 4. The number of hydrogen-bond acceptors (Lipinski definition) is 5. The number of nitrogens with one attached hydrogen (secondary N) is 1. The van der Waals surface area contributed by atoms with Crippen LogP contribution in [-0.4, -0.2) is 12.1 Å². The van der Waals surface area contributed by atoms with E-state index in [0.717, 1.165) is 0 Å². The third kappa shape index (κ3) is 3.20. The van der Waals surface area contributed by atoms with Gasteiger partial charge >= 0.3 is 0 Å². The van der Waals surface area contributed by atoms with E-state index in [0.29, 0.717) is 16.5 Å². The second-order valence-corrected chi connectivity index (χ2v) is 4.35. The van der Waals surface area contributed by atoms with Crippen molar-refractivity contribution in [3.8, 4) is 17.4 Å². The summed E-state index contributed by atoms with van der Waals surface area (Å²) in [5, 5.41) is 0.595. The second-order valence-electron chi connectivity index (χ2n) is 3.53. The Morgan fingerprint density at radius 3 is 2.58 bits per heavy atom. The van der Waals surface area contributed by atoms with Crippen molar-refractivity contribution in [2.75, 3.05) is 12.5 Å². The van der Waals surface area contributed by atoms with E-state index in [2.05, 4.69) is 10.4 Å². The number of hydrogen-bond donors (Lipinski definition) is 2. The number of aromatic nitrogens is 1. The fourth-order valence-corrected chi connectivity index (χ4v) is 1.85. The summed E-state index contributed by atoms with van der Waals surface area (Å²) in [5.41, 5.74) is 2.36. The first-order valence-electron chi connectivity index (χ1n) is 5.28. The fourth-order valence-electron chi connectivity index (χ4n) is 1.40. The lowest BCUT2D eigenvalue weighted by Gasteiger charge is -2.10. The minimum Gasteiger partial charge on any atom is -0.497 e. The van der Waals surface area contributed by atoms with Crippen LogP contribution in [0.1, 0.15) is 0 Å². The van der Waals surface area contributed by atoms with Crippen LogP contribution in [0, 0.1) is 0 Å². The molecule has 5 nitrogen and oxygen atoms in total. The number of pyridine rings is 1. The van der Waals surface area contributed by atoms with Crippen LogP contribution in [0.15, 0.2) is 30.3 Å². The summed E-state index contributed by atoms with van der Waals surface area (Å²) in [7, 11) is 1.57. The van der Waals surface area contributed by atoms with E-state index in [1.54, 1.807) is 31.4 Å². The van der Waals surface area contributed by atoms with Gasteiger partial charge in [-0.1, -0.05) is 29.3 Å². The molecule has 0 spiro atoms. The Morgan fingerprint density at radius 2 is 1.89 bits per heavy atom. The first kappa shape index (κ1) is 13.7. The number of halogens is 2. The van der Waals surface area contributed by atoms with Crippen molar-refractivity contribution in [1.29, 1.82) is 0 Å². The maximum absolute atomic E-state index is 6.01. The van der Waals surface area contributed by atoms with E-state index in [9.17, 15) is 0 Å². The van der Waals surface area contributed by atoms with Crippen LogP contribution in [0.4, 0.5) is 5.82 Å². The summed E-state index contributed by atoms with van der Waals surface area (Å²) >= 11 is 11.9. The molecule has 1 aromatic carbocycles. The predicted octanol–water partition coefficient (Wildman–Crippen LogP) is 3.47. The molecule has 2 aromatic rings. The standard InChI is InChI=1S/C12H11Cl2N3O2/c1-18-7-3-2-4-8(5-7)19-12-10(14)6-9(13)11(16-12)17-15/h2-6H,15H2,1H3,(H,16,17). The molecule has 0 saturated carbocycles. The Balaban J connectivity index is 2.32. The molecule has 0 unspecified atom stereocenters. The van der Waals surface area contributed by atoms with Crippen molar-refractivity contribution in [1.82, 2.24) is 4.98 Å². The molecule has 0 atom stereocenters. The summed E-state index contributed by atoms with van der Waals surface area (Å²) in [6.07, 6.45) is 0. The number of ether oxygens (including phenoxy) is 2. The van der Waals surface area contributed by atoms with E-state index in [-0.39, 0.29) is 16.7 Å². The van der Waals surface area contributed by atoms with Crippen LogP contribution in [0.3, 0.4) is 0 Å². The summed E-state index contributed by atoms with van der Waals surface area (Å²) in [4.78, 5) is 4.08. The zero-order valence-corrected chi connectivity index (χ0v) is 11.5. The van der Waals surface area contributed by atoms with Gasteiger partial charge in [-0.25, -0.2) is 5.84 Å². The average molecular weight is 300 g/mol. The van der Waals surface area contributed by atoms with Crippen LogP contribution in [0.5, 0.6) is 17.4 Å². The van der Waals surface area contributed by atoms with Crippen LogP contribution >= 0.6 is 23.2 Å². The average Bonchev–Trinajstić information content (AvgIpc) is 2.42. The molecule has 2 rings (SSSR count). The lowest BCUT2D eigenvalue weighted by molar-refractivity contribution is 0.407. The Labute approximate surface area is 120 Å². The van der Waals surface area contributed by atoms with Gasteiger partial charge in [0.25, 0.3) is 0 Å². The molecule has 0 bridgehead atoms. The van der Waals surface area contributed by atoms with Gasteiger partial charge in [-0.15, -0.1) is 0 Å². The molecule has 0 aliphatic heterocycles. The molecular weight excluding hydrogens is 289 g/mol. The number of benzene rings is 1. The number of hydrazine groups is 1. The minimum absolute atomic E-state index is 0.201. The van der Waals surface area contributed by atoms with Crippen LogP contribution in [0.2, 0.25) is 10.0 Å². The van der Waals surface area contributed by atoms with Crippen molar-refractivity contribution in [2.24, 2.45) is 5.84 Å². The lowest BCUT2D eigenvalue weighted by Crippen LogP contribution is -2.09. The summed E-state index contributed by atoms with van der Waals surface area (Å²) in [6.45, 7) is 0. The minimum atomic E-state index is 0.201. The van der Waals surface area contributed by atoms with Crippen molar-refractivity contribution >= 4 is 29.0 Å². The molecule has 0 fully saturated rings. The molecular formula is C12H11Cl2N3O2. The van der Waals surface area contributed by atoms with Crippen LogP contribution in [-0.2, 0) is 0 Å². The van der Waals surface area contributed by atoms with Gasteiger partial charge in [-0.3, -0.25) is 0 Å². The monoisotopic (exact) mass is 299 g/mol. The molecule has 0 amide bonds. The van der Waals surface area contributed by atoms with Gasteiger partial charge < -0.3 is 14.9 Å². The van der Waals surface area contributed by atoms with E-state index < -0.39 is 0 Å². The second kappa shape index (κ2) is 5.97. The molecule has 1 heterocycles. The quantitative estimate of drug-likeness (QED) is 0.668. The Kier molecular flexibility index (Phi) is 4.31. The van der Waals surface area contributed by atoms with Gasteiger partial charge in [-0.2, -0.15) is 4.98 Å². The summed E-state index contributed by atoms with van der Waals surface area (Å²) in [6, 6.07) is 8.56. The van der Waals surface area contributed by atoms with E-state index in [4.69, 9.17) is 38.5 Å². The Bertz CT molecular complexity index is 593. The maximum Gasteiger partial charge on any atom is 0.240 e. The van der Waals surface area contributed by atoms with E-state index >= 15 is 0 Å². The Hall–Kier alpha value is -1.69. The summed E-state index contributed by atoms with van der Waals surface area (Å²) in [5.74, 6) is 6.98. The third-order valence-corrected chi connectivity index (χ3v) is 2.85. The van der Waals surface area contributed by atoms with Crippen LogP contribution in [0.25, 0.3) is 0 Å². The zero-order chi connectivity index (χ0) is 13.8. The van der Waals surface area contributed by atoms with Gasteiger partial charge in [0.2, 0.25) is 5.88 Å². The molecule has 0 aliphatic carbocycles. The number of nitrogens with zero attached hydrogens (tertiary/aromatic N) is 1. The van der Waals surface area contributed by atoms with Gasteiger partial charge in [0.05, 0.1) is 12.1 Å². The van der Waals surface area contributed by atoms with Gasteiger partial charge in [0, 0.05) is 6.07 Å². The molecule has 100 valence electrons. The largest absolute Gasteiger partial charge is 0.497 e. The highest BCUT2D eigenvalue weighted by Crippen LogP contribution is 2.33. The first-order chi connectivity index (χ1) is 9.13. The number of nitrogens with two attached hydrogens (primary N) is 1. The first-order valence-corrected chi connectivity index (χ1v) is 6.04. The maximum atomic E-state index is 6.01. The zero-order valence-electron chi connectivity index (χ0n) is 9.98. The molecule has 0 aliphatic rings. The molecule has 0 radical (unpaired) electrons. The molecule has 7 heteroatoms. The smallest absolute Gasteiger partial charge is 0.240 e. The number of nitrogen functional groups attached to an aromatic ring is 1. The normalized spacial score (nSPS) is 10.1. The van der Waals surface area contributed by atoms with Gasteiger partial charge in [0.15, 0.2) is 5.82 Å². The predicted molar refractivity (Wildman–Crippen MR) is 75.1 cm³/mol. The fraction of sp³-hybridized carbons (Fsp3) is 0.0833. The molecule has 1 aromatic heterocycles. The van der Waals surface area contributed by atoms with E-state index in [1.165, 1.54) is 6.07 Å². The van der Waals surface area contributed by atoms with Crippen molar-refractivity contribution in [3.63, 3.8) is 0 Å². The highest BCUT2D eigenvalue weighted by molar-refractivity contribution is 6.36. The molecule has 3 N–H and O–H groups in total. The van der Waals surface area contributed by atoms with Gasteiger partial charge in [-0.05, 0) is 18.2 Å². The number of anilines is 1. The summed E-state index contributed by atoms with van der Waals surface area (Å²) < 4.78 is 10.7. The van der Waals surface area contributed by atoms with Gasteiger partial charge in [0.1, 0.15) is 16.5 Å². The third-order valence-electron chi connectivity index (χ3n) is 2.29. The highest BCUT2D eigenvalue weighted by atomic mass is 35.5. The van der Waals surface area contributed by atoms with Crippen molar-refractivity contribution in [3.05, 3.63) is 40.4 Å². The topological polar surface area (TPSA) is 69.4 Å². The Morgan fingerprint density at radius 1 is 1.16 bits per heavy atom. The van der Waals surface area contributed by atoms with Crippen molar-refractivity contribution in [2.45, 2.75) is 0 Å². The lowest BCUT2D eigenvalue weighted by atomic mass is 10.3. The molecule has 19 heavy (non-hydrogen) atoms. The SMILES string of the molecule is COc1cccc(Oc2nc(NN)c(Cl)cc2Cl)c1. The van der Waals surface area contributed by atoms with Crippen LogP contribution < -0.4 is 20.7 Å². The number of methoxy groups -OCH3 is 1. The highest BCUT2D eigenvalue weighted by Gasteiger charge is 2.11. The molecule has 0 saturated heterocycles.